The number of benzene rings is 4. The van der Waals surface area contributed by atoms with Crippen LogP contribution in [-0.4, -0.2) is 0 Å². The highest BCUT2D eigenvalue weighted by molar-refractivity contribution is 14.1. The molecule has 0 aromatic heterocycles. The molecule has 0 radical (unpaired) electrons. The molecule has 0 amide bonds. The molecule has 26 heavy (non-hydrogen) atoms. The molecule has 0 aliphatic heterocycles. The van der Waals surface area contributed by atoms with Gasteiger partial charge >= 0.3 is 0 Å². The lowest BCUT2D eigenvalue weighted by molar-refractivity contribution is 1.65. The van der Waals surface area contributed by atoms with Crippen LogP contribution < -0.4 is 5.73 Å². The first-order chi connectivity index (χ1) is 12.4. The highest BCUT2D eigenvalue weighted by Gasteiger charge is 2.06. The van der Waals surface area contributed by atoms with Crippen LogP contribution in [0.25, 0.3) is 21.5 Å². The number of hydrogen-bond acceptors (Lipinski definition) is 1. The molecule has 0 atom stereocenters. The maximum atomic E-state index is 6.10. The third kappa shape index (κ3) is 4.14. The second kappa shape index (κ2) is 8.65. The van der Waals surface area contributed by atoms with E-state index in [9.17, 15) is 0 Å². The Morgan fingerprint density at radius 1 is 0.692 bits per heavy atom. The second-order valence-corrected chi connectivity index (χ2v) is 9.10. The van der Waals surface area contributed by atoms with Gasteiger partial charge in [-0.05, 0) is 72.0 Å². The molecule has 4 aromatic carbocycles. The van der Waals surface area contributed by atoms with Gasteiger partial charge in [0.05, 0.1) is 5.69 Å². The summed E-state index contributed by atoms with van der Waals surface area (Å²) in [7, 11) is 0. The number of rotatable bonds is 0. The molecule has 0 fully saturated rings. The number of anilines is 1. The topological polar surface area (TPSA) is 26.0 Å². The first-order valence-electron chi connectivity index (χ1n) is 7.54. The Hall–Kier alpha value is -0.530. The van der Waals surface area contributed by atoms with E-state index in [1.54, 1.807) is 0 Å². The van der Waals surface area contributed by atoms with Crippen LogP contribution in [0.4, 0.5) is 5.69 Å². The molecule has 6 heteroatoms. The molecule has 0 heterocycles. The highest BCUT2D eigenvalue weighted by atomic mass is 127. The van der Waals surface area contributed by atoms with Crippen molar-refractivity contribution < 1.29 is 0 Å². The summed E-state index contributed by atoms with van der Waals surface area (Å²) in [6.45, 7) is 0. The van der Waals surface area contributed by atoms with Crippen LogP contribution in [0.1, 0.15) is 0 Å². The largest absolute Gasteiger partial charge is 0.397 e. The highest BCUT2D eigenvalue weighted by Crippen LogP contribution is 2.34. The zero-order chi connectivity index (χ0) is 18.8. The first kappa shape index (κ1) is 20.2. The fourth-order valence-corrected chi connectivity index (χ4v) is 4.91. The molecule has 0 bridgehead atoms. The van der Waals surface area contributed by atoms with E-state index < -0.39 is 0 Å². The second-order valence-electron chi connectivity index (χ2n) is 5.50. The molecular formula is C20H12Br2Cl2IN. The van der Waals surface area contributed by atoms with E-state index in [0.717, 1.165) is 40.8 Å². The molecule has 0 unspecified atom stereocenters. The number of nitrogen functional groups attached to an aromatic ring is 1. The smallest absolute Gasteiger partial charge is 0.0539 e. The molecule has 4 aromatic rings. The van der Waals surface area contributed by atoms with Gasteiger partial charge in [0, 0.05) is 38.7 Å². The fraction of sp³-hybridized carbons (Fsp3) is 0. The number of fused-ring (bicyclic) bond motifs is 2. The summed E-state index contributed by atoms with van der Waals surface area (Å²) < 4.78 is 3.10. The number of halogens is 5. The molecule has 132 valence electrons. The average molecular weight is 624 g/mol. The van der Waals surface area contributed by atoms with Gasteiger partial charge in [0.15, 0.2) is 0 Å². The summed E-state index contributed by atoms with van der Waals surface area (Å²) in [5.74, 6) is 0. The molecule has 0 saturated heterocycles. The minimum atomic E-state index is 0.719. The summed E-state index contributed by atoms with van der Waals surface area (Å²) in [5.41, 5.74) is 6.62. The van der Waals surface area contributed by atoms with Crippen LogP contribution in [0.5, 0.6) is 0 Å². The molecule has 4 rings (SSSR count). The lowest BCUT2D eigenvalue weighted by Crippen LogP contribution is -1.88. The van der Waals surface area contributed by atoms with Crippen LogP contribution in [0, 0.1) is 3.57 Å². The summed E-state index contributed by atoms with van der Waals surface area (Å²) in [6.07, 6.45) is 0. The van der Waals surface area contributed by atoms with Crippen molar-refractivity contribution in [2.45, 2.75) is 0 Å². The van der Waals surface area contributed by atoms with E-state index in [0.29, 0.717) is 0 Å². The average Bonchev–Trinajstić information content (AvgIpc) is 2.65. The van der Waals surface area contributed by atoms with Crippen molar-refractivity contribution in [3.63, 3.8) is 0 Å². The van der Waals surface area contributed by atoms with Gasteiger partial charge in [-0.3, -0.25) is 0 Å². The number of hydrogen-bond donors (Lipinski definition) is 1. The minimum absolute atomic E-state index is 0.719. The summed E-state index contributed by atoms with van der Waals surface area (Å²) in [4.78, 5) is 0. The van der Waals surface area contributed by atoms with Gasteiger partial charge in [0.25, 0.3) is 0 Å². The fourth-order valence-electron chi connectivity index (χ4n) is 2.59. The predicted octanol–water partition coefficient (Wildman–Crippen LogP) is 8.70. The van der Waals surface area contributed by atoms with Gasteiger partial charge in [0.2, 0.25) is 0 Å². The van der Waals surface area contributed by atoms with Crippen molar-refractivity contribution in [1.29, 1.82) is 0 Å². The number of nitrogens with two attached hydrogens (primary N) is 1. The minimum Gasteiger partial charge on any atom is -0.397 e. The van der Waals surface area contributed by atoms with E-state index in [1.807, 2.05) is 54.6 Å². The Kier molecular flexibility index (Phi) is 6.73. The lowest BCUT2D eigenvalue weighted by atomic mass is 10.1. The molecule has 0 aliphatic rings. The third-order valence-corrected chi connectivity index (χ3v) is 7.68. The van der Waals surface area contributed by atoms with Crippen LogP contribution >= 0.6 is 77.7 Å². The van der Waals surface area contributed by atoms with Gasteiger partial charge in [-0.2, -0.15) is 0 Å². The van der Waals surface area contributed by atoms with Gasteiger partial charge < -0.3 is 5.73 Å². The van der Waals surface area contributed by atoms with Crippen molar-refractivity contribution in [2.75, 3.05) is 5.73 Å². The Morgan fingerprint density at radius 2 is 1.12 bits per heavy atom. The maximum Gasteiger partial charge on any atom is 0.0539 e. The van der Waals surface area contributed by atoms with E-state index in [-0.39, 0.29) is 0 Å². The molecule has 0 saturated carbocycles. The first-order valence-corrected chi connectivity index (χ1v) is 11.0. The van der Waals surface area contributed by atoms with Crippen molar-refractivity contribution in [3.8, 4) is 0 Å². The quantitative estimate of drug-likeness (QED) is 0.118. The Bertz CT molecular complexity index is 1030. The van der Waals surface area contributed by atoms with Crippen molar-refractivity contribution in [3.05, 3.63) is 83.2 Å². The molecule has 2 N–H and O–H groups in total. The standard InChI is InChI=1S/C10H5BrClI.C10H7BrClN/c2*11-8-5-9(12)6-3-1-2-4-7(6)10(8)13/h1-5H;1-5H,13H2. The summed E-state index contributed by atoms with van der Waals surface area (Å²) in [5, 5.41) is 5.80. The zero-order valence-electron chi connectivity index (χ0n) is 13.2. The van der Waals surface area contributed by atoms with Crippen LogP contribution in [-0.2, 0) is 0 Å². The third-order valence-electron chi connectivity index (χ3n) is 3.87. The maximum absolute atomic E-state index is 6.10. The van der Waals surface area contributed by atoms with Gasteiger partial charge in [-0.15, -0.1) is 0 Å². The van der Waals surface area contributed by atoms with Crippen molar-refractivity contribution >= 4 is 105 Å². The molecule has 0 spiro atoms. The Labute approximate surface area is 192 Å². The monoisotopic (exact) mass is 621 g/mol. The van der Waals surface area contributed by atoms with Gasteiger partial charge in [-0.25, -0.2) is 0 Å². The zero-order valence-corrected chi connectivity index (χ0v) is 20.1. The predicted molar refractivity (Wildman–Crippen MR) is 130 cm³/mol. The van der Waals surface area contributed by atoms with Crippen LogP contribution in [0.15, 0.2) is 69.6 Å². The molecular weight excluding hydrogens is 612 g/mol. The van der Waals surface area contributed by atoms with Crippen LogP contribution in [0.3, 0.4) is 0 Å². The molecule has 1 nitrogen and oxygen atoms in total. The summed E-state index contributed by atoms with van der Waals surface area (Å²) in [6, 6.07) is 19.7. The van der Waals surface area contributed by atoms with E-state index in [1.165, 1.54) is 8.96 Å². The van der Waals surface area contributed by atoms with E-state index >= 15 is 0 Å². The normalized spacial score (nSPS) is 10.7. The van der Waals surface area contributed by atoms with E-state index in [2.05, 4.69) is 60.5 Å². The molecule has 0 aliphatic carbocycles. The van der Waals surface area contributed by atoms with Crippen LogP contribution in [0.2, 0.25) is 10.0 Å². The van der Waals surface area contributed by atoms with Gasteiger partial charge in [0.1, 0.15) is 0 Å². The van der Waals surface area contributed by atoms with E-state index in [4.69, 9.17) is 28.9 Å². The van der Waals surface area contributed by atoms with Gasteiger partial charge in [-0.1, -0.05) is 71.7 Å². The SMILES string of the molecule is Clc1cc(Br)c(I)c2ccccc12.Nc1c(Br)cc(Cl)c2ccccc12. The Morgan fingerprint density at radius 3 is 1.69 bits per heavy atom. The lowest BCUT2D eigenvalue weighted by Gasteiger charge is -2.05. The Balaban J connectivity index is 0.000000151. The summed E-state index contributed by atoms with van der Waals surface area (Å²) >= 11 is 21.3. The van der Waals surface area contributed by atoms with Crippen molar-refractivity contribution in [1.82, 2.24) is 0 Å². The van der Waals surface area contributed by atoms with Crippen molar-refractivity contribution in [2.24, 2.45) is 0 Å².